The summed E-state index contributed by atoms with van der Waals surface area (Å²) in [5.41, 5.74) is 10.2. The van der Waals surface area contributed by atoms with E-state index in [4.69, 9.17) is 0 Å². The van der Waals surface area contributed by atoms with Crippen LogP contribution in [0.2, 0.25) is 0 Å². The Morgan fingerprint density at radius 3 is 2.50 bits per heavy atom. The van der Waals surface area contributed by atoms with Crippen molar-refractivity contribution in [2.75, 3.05) is 0 Å². The van der Waals surface area contributed by atoms with Crippen LogP contribution in [-0.2, 0) is 6.42 Å². The molecule has 0 spiro atoms. The Balaban J connectivity index is 2.14. The Labute approximate surface area is 120 Å². The second-order valence-corrected chi connectivity index (χ2v) is 5.97. The maximum absolute atomic E-state index is 2.38. The van der Waals surface area contributed by atoms with Gasteiger partial charge in [0.05, 0.1) is 0 Å². The van der Waals surface area contributed by atoms with Crippen molar-refractivity contribution in [3.05, 3.63) is 70.3 Å². The zero-order valence-electron chi connectivity index (χ0n) is 12.2. The second-order valence-electron chi connectivity index (χ2n) is 5.97. The molecule has 0 atom stereocenters. The van der Waals surface area contributed by atoms with E-state index in [1.165, 1.54) is 49.7 Å². The molecule has 4 rings (SSSR count). The lowest BCUT2D eigenvalue weighted by molar-refractivity contribution is 1.17. The van der Waals surface area contributed by atoms with Crippen molar-refractivity contribution in [3.8, 4) is 11.1 Å². The molecular formula is C20H18. The van der Waals surface area contributed by atoms with Gasteiger partial charge in [-0.25, -0.2) is 0 Å². The number of aryl methyl sites for hydroxylation is 1. The van der Waals surface area contributed by atoms with Gasteiger partial charge in [0.2, 0.25) is 0 Å². The highest BCUT2D eigenvalue weighted by Gasteiger charge is 2.23. The van der Waals surface area contributed by atoms with Crippen LogP contribution in [0.3, 0.4) is 0 Å². The summed E-state index contributed by atoms with van der Waals surface area (Å²) in [5, 5.41) is 2.74. The molecule has 0 radical (unpaired) electrons. The molecule has 0 aromatic heterocycles. The first-order valence-corrected chi connectivity index (χ1v) is 7.27. The Hall–Kier alpha value is -2.08. The number of hydrogen-bond donors (Lipinski definition) is 0. The van der Waals surface area contributed by atoms with Gasteiger partial charge in [0.25, 0.3) is 0 Å². The quantitative estimate of drug-likeness (QED) is 0.399. The van der Waals surface area contributed by atoms with Gasteiger partial charge >= 0.3 is 0 Å². The fraction of sp³-hybridized carbons (Fsp3) is 0.200. The van der Waals surface area contributed by atoms with E-state index in [0.29, 0.717) is 0 Å². The molecule has 98 valence electrons. The van der Waals surface area contributed by atoms with Gasteiger partial charge in [0.15, 0.2) is 0 Å². The minimum absolute atomic E-state index is 1.09. The second kappa shape index (κ2) is 3.96. The third-order valence-electron chi connectivity index (χ3n) is 4.94. The number of fused-ring (bicyclic) bond motifs is 5. The lowest BCUT2D eigenvalue weighted by Crippen LogP contribution is -1.93. The van der Waals surface area contributed by atoms with E-state index in [2.05, 4.69) is 63.2 Å². The maximum atomic E-state index is 2.38. The van der Waals surface area contributed by atoms with Crippen LogP contribution in [0.1, 0.15) is 27.8 Å². The summed E-state index contributed by atoms with van der Waals surface area (Å²) >= 11 is 0. The lowest BCUT2D eigenvalue weighted by atomic mass is 9.92. The largest absolute Gasteiger partial charge is 0.0616 e. The highest BCUT2D eigenvalue weighted by atomic mass is 14.3. The molecule has 0 bridgehead atoms. The van der Waals surface area contributed by atoms with Crippen molar-refractivity contribution in [2.24, 2.45) is 0 Å². The van der Waals surface area contributed by atoms with Gasteiger partial charge in [-0.05, 0) is 76.9 Å². The van der Waals surface area contributed by atoms with Crippen LogP contribution in [0.15, 0.2) is 42.5 Å². The van der Waals surface area contributed by atoms with E-state index in [1.54, 1.807) is 0 Å². The fourth-order valence-corrected chi connectivity index (χ4v) is 3.56. The van der Waals surface area contributed by atoms with Gasteiger partial charge in [0.1, 0.15) is 0 Å². The number of hydrogen-bond acceptors (Lipinski definition) is 0. The summed E-state index contributed by atoms with van der Waals surface area (Å²) in [6, 6.07) is 15.7. The topological polar surface area (TPSA) is 0 Å². The number of benzene rings is 3. The minimum Gasteiger partial charge on any atom is -0.0616 e. The molecule has 0 heteroatoms. The highest BCUT2D eigenvalue weighted by Crippen LogP contribution is 2.43. The monoisotopic (exact) mass is 258 g/mol. The summed E-state index contributed by atoms with van der Waals surface area (Å²) in [7, 11) is 0. The molecule has 20 heavy (non-hydrogen) atoms. The van der Waals surface area contributed by atoms with Crippen LogP contribution < -0.4 is 0 Å². The molecule has 0 aliphatic heterocycles. The van der Waals surface area contributed by atoms with Crippen molar-refractivity contribution < 1.29 is 0 Å². The van der Waals surface area contributed by atoms with Gasteiger partial charge < -0.3 is 0 Å². The molecule has 0 fully saturated rings. The van der Waals surface area contributed by atoms with E-state index in [1.807, 2.05) is 0 Å². The van der Waals surface area contributed by atoms with E-state index in [9.17, 15) is 0 Å². The van der Waals surface area contributed by atoms with Crippen molar-refractivity contribution >= 4 is 10.8 Å². The van der Waals surface area contributed by atoms with Crippen molar-refractivity contribution in [1.29, 1.82) is 0 Å². The molecule has 0 saturated heterocycles. The van der Waals surface area contributed by atoms with Crippen LogP contribution in [0.25, 0.3) is 21.9 Å². The Bertz CT molecular complexity index is 854. The minimum atomic E-state index is 1.09. The first-order chi connectivity index (χ1) is 9.66. The van der Waals surface area contributed by atoms with Crippen molar-refractivity contribution in [3.63, 3.8) is 0 Å². The standard InChI is InChI=1S/C20H18/c1-12-10-19-18(14(3)13(12)2)11-16-9-8-15-6-4-5-7-17(15)20(16)19/h4-10H,11H2,1-3H3. The van der Waals surface area contributed by atoms with Gasteiger partial charge in [-0.15, -0.1) is 0 Å². The Morgan fingerprint density at radius 2 is 1.65 bits per heavy atom. The fourth-order valence-electron chi connectivity index (χ4n) is 3.56. The SMILES string of the molecule is Cc1cc2c(c(C)c1C)Cc1ccc3ccccc3c1-2. The molecule has 0 amide bonds. The van der Waals surface area contributed by atoms with Crippen LogP contribution in [0.5, 0.6) is 0 Å². The average Bonchev–Trinajstić information content (AvgIpc) is 2.84. The number of rotatable bonds is 0. The Kier molecular flexibility index (Phi) is 2.32. The van der Waals surface area contributed by atoms with Crippen LogP contribution >= 0.6 is 0 Å². The smallest absolute Gasteiger partial charge is 0.00105 e. The van der Waals surface area contributed by atoms with E-state index < -0.39 is 0 Å². The summed E-state index contributed by atoms with van der Waals surface area (Å²) in [5.74, 6) is 0. The average molecular weight is 258 g/mol. The highest BCUT2D eigenvalue weighted by molar-refractivity contribution is 6.01. The summed E-state index contributed by atoms with van der Waals surface area (Å²) in [6.07, 6.45) is 1.09. The van der Waals surface area contributed by atoms with Crippen LogP contribution in [0, 0.1) is 20.8 Å². The zero-order valence-corrected chi connectivity index (χ0v) is 12.2. The summed E-state index contributed by atoms with van der Waals surface area (Å²) in [6.45, 7) is 6.74. The molecule has 1 aliphatic rings. The van der Waals surface area contributed by atoms with Crippen molar-refractivity contribution in [2.45, 2.75) is 27.2 Å². The van der Waals surface area contributed by atoms with Gasteiger partial charge in [-0.2, -0.15) is 0 Å². The summed E-state index contributed by atoms with van der Waals surface area (Å²) in [4.78, 5) is 0. The first kappa shape index (κ1) is 11.7. The van der Waals surface area contributed by atoms with E-state index in [-0.39, 0.29) is 0 Å². The van der Waals surface area contributed by atoms with Gasteiger partial charge in [0, 0.05) is 0 Å². The van der Waals surface area contributed by atoms with Crippen LogP contribution in [0.4, 0.5) is 0 Å². The molecule has 1 aliphatic carbocycles. The molecular weight excluding hydrogens is 240 g/mol. The molecule has 0 N–H and O–H groups in total. The first-order valence-electron chi connectivity index (χ1n) is 7.27. The zero-order chi connectivity index (χ0) is 13.9. The third-order valence-corrected chi connectivity index (χ3v) is 4.94. The maximum Gasteiger partial charge on any atom is -0.00105 e. The molecule has 3 aromatic carbocycles. The molecule has 0 heterocycles. The molecule has 0 nitrogen and oxygen atoms in total. The molecule has 0 saturated carbocycles. The van der Waals surface area contributed by atoms with Gasteiger partial charge in [-0.1, -0.05) is 42.5 Å². The van der Waals surface area contributed by atoms with Gasteiger partial charge in [-0.3, -0.25) is 0 Å². The third kappa shape index (κ3) is 1.42. The van der Waals surface area contributed by atoms with E-state index in [0.717, 1.165) is 6.42 Å². The summed E-state index contributed by atoms with van der Waals surface area (Å²) < 4.78 is 0. The van der Waals surface area contributed by atoms with Crippen molar-refractivity contribution in [1.82, 2.24) is 0 Å². The predicted molar refractivity (Wildman–Crippen MR) is 86.4 cm³/mol. The predicted octanol–water partition coefficient (Wildman–Crippen LogP) is 5.34. The lowest BCUT2D eigenvalue weighted by Gasteiger charge is -2.12. The van der Waals surface area contributed by atoms with E-state index >= 15 is 0 Å². The van der Waals surface area contributed by atoms with Crippen LogP contribution in [-0.4, -0.2) is 0 Å². The normalized spacial score (nSPS) is 12.6. The molecule has 0 unspecified atom stereocenters. The molecule has 3 aromatic rings. The Morgan fingerprint density at radius 1 is 0.850 bits per heavy atom.